The summed E-state index contributed by atoms with van der Waals surface area (Å²) in [6, 6.07) is 8.23. The minimum atomic E-state index is -0.0957. The van der Waals surface area contributed by atoms with Crippen LogP contribution in [0.4, 0.5) is 0 Å². The lowest BCUT2D eigenvalue weighted by molar-refractivity contribution is -0.111. The summed E-state index contributed by atoms with van der Waals surface area (Å²) >= 11 is 2.82. The summed E-state index contributed by atoms with van der Waals surface area (Å²) < 4.78 is 0. The number of hydrogen-bond acceptors (Lipinski definition) is 4. The number of carbonyl (C=O) groups excluding carboxylic acids is 1. The van der Waals surface area contributed by atoms with Gasteiger partial charge in [-0.15, -0.1) is 11.8 Å². The summed E-state index contributed by atoms with van der Waals surface area (Å²) in [6.45, 7) is 4.09. The number of nitrogens with one attached hydrogen (secondary N) is 1. The highest BCUT2D eigenvalue weighted by atomic mass is 32.2. The molecule has 0 spiro atoms. The topological polar surface area (TPSA) is 49.9 Å². The van der Waals surface area contributed by atoms with Crippen molar-refractivity contribution in [2.24, 2.45) is 5.92 Å². The van der Waals surface area contributed by atoms with Crippen LogP contribution in [0.5, 0.6) is 0 Å². The average Bonchev–Trinajstić information content (AvgIpc) is 2.78. The van der Waals surface area contributed by atoms with Crippen molar-refractivity contribution >= 4 is 29.4 Å². The van der Waals surface area contributed by atoms with Crippen molar-refractivity contribution in [1.29, 1.82) is 0 Å². The van der Waals surface area contributed by atoms with Gasteiger partial charge in [0.05, 0.1) is 5.03 Å². The molecule has 0 unspecified atom stereocenters. The Hall–Kier alpha value is -1.33. The highest BCUT2D eigenvalue weighted by Gasteiger charge is 2.38. The number of aromatic amines is 1. The van der Waals surface area contributed by atoms with E-state index in [0.717, 1.165) is 21.8 Å². The van der Waals surface area contributed by atoms with Gasteiger partial charge in [-0.3, -0.25) is 4.79 Å². The molecule has 0 saturated carbocycles. The van der Waals surface area contributed by atoms with Gasteiger partial charge < -0.3 is 9.78 Å². The molecule has 104 valence electrons. The van der Waals surface area contributed by atoms with Crippen LogP contribution in [0.1, 0.15) is 28.8 Å². The van der Waals surface area contributed by atoms with Crippen LogP contribution in [0.2, 0.25) is 0 Å². The van der Waals surface area contributed by atoms with E-state index >= 15 is 0 Å². The summed E-state index contributed by atoms with van der Waals surface area (Å²) in [5, 5.41) is 1.09. The molecule has 2 aromatic rings. The van der Waals surface area contributed by atoms with Crippen molar-refractivity contribution in [3.63, 3.8) is 0 Å². The molecule has 3 rings (SSSR count). The van der Waals surface area contributed by atoms with E-state index in [4.69, 9.17) is 0 Å². The van der Waals surface area contributed by atoms with Gasteiger partial charge in [-0.2, -0.15) is 0 Å². The lowest BCUT2D eigenvalue weighted by Gasteiger charge is -2.32. The molecule has 1 N–H and O–H groups in total. The van der Waals surface area contributed by atoms with E-state index in [0.29, 0.717) is 0 Å². The Labute approximate surface area is 125 Å². The lowest BCUT2D eigenvalue weighted by Crippen LogP contribution is -2.28. The van der Waals surface area contributed by atoms with Gasteiger partial charge in [0.15, 0.2) is 0 Å². The molecule has 3 atom stereocenters. The highest BCUT2D eigenvalue weighted by Crippen LogP contribution is 2.47. The summed E-state index contributed by atoms with van der Waals surface area (Å²) in [4.78, 5) is 27.0. The smallest absolute Gasteiger partial charge is 0.305 e. The molecule has 0 aliphatic carbocycles. The molecule has 1 aliphatic heterocycles. The molecule has 0 radical (unpaired) electrons. The summed E-state index contributed by atoms with van der Waals surface area (Å²) in [5.41, 5.74) is 2.30. The summed E-state index contributed by atoms with van der Waals surface area (Å²) in [6.07, 6.45) is 1.04. The maximum atomic E-state index is 11.7. The molecule has 0 fully saturated rings. The van der Waals surface area contributed by atoms with Crippen molar-refractivity contribution in [3.8, 4) is 0 Å². The van der Waals surface area contributed by atoms with Gasteiger partial charge in [-0.1, -0.05) is 48.1 Å². The molecule has 1 aromatic heterocycles. The summed E-state index contributed by atoms with van der Waals surface area (Å²) in [5.74, 6) is -0.107. The standard InChI is InChI=1S/C15H15NO2S2/c1-8-3-5-10(6-4-8)12-11(7-17)9(2)19-14-13(12)20-15(18)16-14/h3-7,9,11-12H,1-2H3,(H,16,18)/t9-,11-,12+/m0/s1. The van der Waals surface area contributed by atoms with Crippen LogP contribution in [0.3, 0.4) is 0 Å². The fraction of sp³-hybridized carbons (Fsp3) is 0.333. The number of aldehydes is 1. The van der Waals surface area contributed by atoms with E-state index in [-0.39, 0.29) is 22.0 Å². The maximum Gasteiger partial charge on any atom is 0.305 e. The van der Waals surface area contributed by atoms with Gasteiger partial charge in [0, 0.05) is 22.0 Å². The van der Waals surface area contributed by atoms with Crippen LogP contribution >= 0.6 is 23.1 Å². The molecule has 0 amide bonds. The third-order valence-corrected chi connectivity index (χ3v) is 6.09. The van der Waals surface area contributed by atoms with Gasteiger partial charge in [-0.05, 0) is 12.5 Å². The van der Waals surface area contributed by atoms with Crippen molar-refractivity contribution in [2.75, 3.05) is 0 Å². The zero-order valence-electron chi connectivity index (χ0n) is 11.3. The molecular weight excluding hydrogens is 290 g/mol. The number of rotatable bonds is 2. The number of thiazole rings is 1. The lowest BCUT2D eigenvalue weighted by atomic mass is 9.83. The third kappa shape index (κ3) is 2.25. The minimum Gasteiger partial charge on any atom is -0.307 e. The zero-order valence-corrected chi connectivity index (χ0v) is 12.9. The fourth-order valence-corrected chi connectivity index (χ4v) is 5.06. The number of H-pyrrole nitrogens is 1. The Bertz CT molecular complexity index is 687. The monoisotopic (exact) mass is 305 g/mol. The van der Waals surface area contributed by atoms with Gasteiger partial charge in [0.25, 0.3) is 0 Å². The number of hydrogen-bond donors (Lipinski definition) is 1. The number of carbonyl (C=O) groups is 1. The molecule has 20 heavy (non-hydrogen) atoms. The number of aryl methyl sites for hydroxylation is 1. The quantitative estimate of drug-likeness (QED) is 0.867. The van der Waals surface area contributed by atoms with Crippen molar-refractivity contribution < 1.29 is 4.79 Å². The van der Waals surface area contributed by atoms with E-state index in [1.54, 1.807) is 11.8 Å². The Morgan fingerprint density at radius 1 is 1.25 bits per heavy atom. The molecular formula is C15H15NO2S2. The summed E-state index contributed by atoms with van der Waals surface area (Å²) in [7, 11) is 0. The van der Waals surface area contributed by atoms with Crippen molar-refractivity contribution in [1.82, 2.24) is 4.98 Å². The second kappa shape index (κ2) is 5.22. The number of thioether (sulfide) groups is 1. The second-order valence-corrected chi connectivity index (χ2v) is 7.53. The van der Waals surface area contributed by atoms with Gasteiger partial charge in [0.1, 0.15) is 6.29 Å². The Morgan fingerprint density at radius 2 is 1.95 bits per heavy atom. The van der Waals surface area contributed by atoms with Crippen LogP contribution in [-0.4, -0.2) is 16.5 Å². The highest BCUT2D eigenvalue weighted by molar-refractivity contribution is 8.00. The first-order valence-corrected chi connectivity index (χ1v) is 8.21. The molecule has 1 aliphatic rings. The van der Waals surface area contributed by atoms with Gasteiger partial charge in [-0.25, -0.2) is 0 Å². The van der Waals surface area contributed by atoms with Crippen LogP contribution in [0, 0.1) is 12.8 Å². The minimum absolute atomic E-state index is 0.0108. The predicted octanol–water partition coefficient (Wildman–Crippen LogP) is 3.19. The van der Waals surface area contributed by atoms with E-state index in [1.165, 1.54) is 16.9 Å². The largest absolute Gasteiger partial charge is 0.307 e. The van der Waals surface area contributed by atoms with Crippen molar-refractivity contribution in [2.45, 2.75) is 30.0 Å². The van der Waals surface area contributed by atoms with Crippen LogP contribution < -0.4 is 4.87 Å². The SMILES string of the molecule is Cc1ccc([C@H]2c3sc(=O)[nH]c3S[C@@H](C)[C@@H]2C=O)cc1. The number of aromatic nitrogens is 1. The fourth-order valence-electron chi connectivity index (χ4n) is 2.67. The van der Waals surface area contributed by atoms with Crippen molar-refractivity contribution in [3.05, 3.63) is 49.9 Å². The third-order valence-electron chi connectivity index (χ3n) is 3.75. The first-order valence-electron chi connectivity index (χ1n) is 6.51. The molecule has 5 heteroatoms. The zero-order chi connectivity index (χ0) is 14.3. The molecule has 2 heterocycles. The molecule has 1 aromatic carbocycles. The Kier molecular flexibility index (Phi) is 3.56. The van der Waals surface area contributed by atoms with Crippen LogP contribution in [0.25, 0.3) is 0 Å². The van der Waals surface area contributed by atoms with E-state index in [9.17, 15) is 9.59 Å². The molecule has 0 saturated heterocycles. The Morgan fingerprint density at radius 3 is 2.60 bits per heavy atom. The Balaban J connectivity index is 2.15. The van der Waals surface area contributed by atoms with Gasteiger partial charge >= 0.3 is 4.87 Å². The normalized spacial score (nSPS) is 25.2. The maximum absolute atomic E-state index is 11.7. The number of benzene rings is 1. The molecule has 0 bridgehead atoms. The van der Waals surface area contributed by atoms with Crippen LogP contribution in [0.15, 0.2) is 34.1 Å². The number of fused-ring (bicyclic) bond motifs is 1. The first kappa shape index (κ1) is 13.6. The predicted molar refractivity (Wildman–Crippen MR) is 82.8 cm³/mol. The van der Waals surface area contributed by atoms with Crippen LogP contribution in [-0.2, 0) is 4.79 Å². The van der Waals surface area contributed by atoms with E-state index in [1.807, 2.05) is 13.8 Å². The van der Waals surface area contributed by atoms with Gasteiger partial charge in [0.2, 0.25) is 0 Å². The average molecular weight is 305 g/mol. The van der Waals surface area contributed by atoms with E-state index in [2.05, 4.69) is 29.2 Å². The molecule has 3 nitrogen and oxygen atoms in total. The first-order chi connectivity index (χ1) is 9.60. The second-order valence-electron chi connectivity index (χ2n) is 5.13. The van der Waals surface area contributed by atoms with E-state index < -0.39 is 0 Å².